The van der Waals surface area contributed by atoms with Crippen LogP contribution in [-0.2, 0) is 13.0 Å². The van der Waals surface area contributed by atoms with Gasteiger partial charge in [-0.05, 0) is 17.9 Å². The van der Waals surface area contributed by atoms with Crippen LogP contribution in [0.1, 0.15) is 37.2 Å². The fraction of sp³-hybridized carbons (Fsp3) is 0.400. The zero-order valence-corrected chi connectivity index (χ0v) is 11.4. The van der Waals surface area contributed by atoms with Gasteiger partial charge in [0.15, 0.2) is 5.69 Å². The van der Waals surface area contributed by atoms with Crippen molar-refractivity contribution in [1.29, 1.82) is 5.26 Å². The lowest BCUT2D eigenvalue weighted by Gasteiger charge is -2.08. The number of aryl methyl sites for hydroxylation is 1. The largest absolute Gasteiger partial charge is 0.248 e. The molecular weight excluding hydrogens is 236 g/mol. The minimum absolute atomic E-state index is 0.438. The lowest BCUT2D eigenvalue weighted by molar-refractivity contribution is 0.469. The summed E-state index contributed by atoms with van der Waals surface area (Å²) in [5.41, 5.74) is 2.52. The van der Waals surface area contributed by atoms with Gasteiger partial charge in [0, 0.05) is 13.0 Å². The molecule has 98 valence electrons. The SMILES string of the molecule is CC(C)CCn1nnc(C#N)c1Cc1ccccc1. The Balaban J connectivity index is 2.22. The average molecular weight is 254 g/mol. The van der Waals surface area contributed by atoms with Crippen molar-refractivity contribution < 1.29 is 0 Å². The van der Waals surface area contributed by atoms with Gasteiger partial charge in [-0.25, -0.2) is 4.68 Å². The molecule has 0 fully saturated rings. The lowest BCUT2D eigenvalue weighted by Crippen LogP contribution is -2.08. The highest BCUT2D eigenvalue weighted by molar-refractivity contribution is 5.30. The third-order valence-corrected chi connectivity index (χ3v) is 3.08. The molecule has 2 rings (SSSR count). The molecule has 0 saturated carbocycles. The molecule has 0 N–H and O–H groups in total. The summed E-state index contributed by atoms with van der Waals surface area (Å²) in [5.74, 6) is 0.610. The van der Waals surface area contributed by atoms with Crippen LogP contribution in [0.15, 0.2) is 30.3 Å². The second-order valence-electron chi connectivity index (χ2n) is 5.06. The van der Waals surface area contributed by atoms with E-state index in [1.165, 1.54) is 5.56 Å². The van der Waals surface area contributed by atoms with Crippen LogP contribution in [0.3, 0.4) is 0 Å². The van der Waals surface area contributed by atoms with E-state index in [1.54, 1.807) is 0 Å². The Morgan fingerprint density at radius 2 is 2.00 bits per heavy atom. The fourth-order valence-electron chi connectivity index (χ4n) is 1.94. The third-order valence-electron chi connectivity index (χ3n) is 3.08. The highest BCUT2D eigenvalue weighted by Gasteiger charge is 2.13. The molecule has 0 unspecified atom stereocenters. The summed E-state index contributed by atoms with van der Waals surface area (Å²) in [5, 5.41) is 17.2. The normalized spacial score (nSPS) is 10.6. The van der Waals surface area contributed by atoms with Gasteiger partial charge in [-0.15, -0.1) is 5.10 Å². The maximum absolute atomic E-state index is 9.12. The van der Waals surface area contributed by atoms with Crippen molar-refractivity contribution in [1.82, 2.24) is 15.0 Å². The van der Waals surface area contributed by atoms with Crippen molar-refractivity contribution in [2.24, 2.45) is 5.92 Å². The highest BCUT2D eigenvalue weighted by Crippen LogP contribution is 2.13. The van der Waals surface area contributed by atoms with Gasteiger partial charge in [-0.2, -0.15) is 5.26 Å². The molecule has 0 saturated heterocycles. The predicted octanol–water partition coefficient (Wildman–Crippen LogP) is 2.79. The summed E-state index contributed by atoms with van der Waals surface area (Å²) < 4.78 is 1.87. The summed E-state index contributed by atoms with van der Waals surface area (Å²) >= 11 is 0. The summed E-state index contributed by atoms with van der Waals surface area (Å²) in [6, 6.07) is 12.2. The quantitative estimate of drug-likeness (QED) is 0.824. The van der Waals surface area contributed by atoms with Gasteiger partial charge >= 0.3 is 0 Å². The van der Waals surface area contributed by atoms with E-state index in [1.807, 2.05) is 22.9 Å². The van der Waals surface area contributed by atoms with E-state index in [9.17, 15) is 0 Å². The molecule has 0 radical (unpaired) electrons. The molecule has 1 aromatic heterocycles. The fourth-order valence-corrected chi connectivity index (χ4v) is 1.94. The Morgan fingerprint density at radius 3 is 2.63 bits per heavy atom. The van der Waals surface area contributed by atoms with Gasteiger partial charge in [0.1, 0.15) is 6.07 Å². The smallest absolute Gasteiger partial charge is 0.186 e. The minimum Gasteiger partial charge on any atom is -0.248 e. The number of rotatable bonds is 5. The number of nitriles is 1. The average Bonchev–Trinajstić information content (AvgIpc) is 2.80. The van der Waals surface area contributed by atoms with Gasteiger partial charge in [-0.1, -0.05) is 49.4 Å². The Labute approximate surface area is 113 Å². The standard InChI is InChI=1S/C15H18N4/c1-12(2)8-9-19-15(14(11-16)17-18-19)10-13-6-4-3-5-7-13/h3-7,12H,8-10H2,1-2H3. The van der Waals surface area contributed by atoms with E-state index in [2.05, 4.69) is 42.4 Å². The number of hydrogen-bond acceptors (Lipinski definition) is 3. The second-order valence-corrected chi connectivity index (χ2v) is 5.06. The van der Waals surface area contributed by atoms with Crippen molar-refractivity contribution in [2.75, 3.05) is 0 Å². The molecule has 19 heavy (non-hydrogen) atoms. The third kappa shape index (κ3) is 3.41. The zero-order valence-electron chi connectivity index (χ0n) is 11.4. The van der Waals surface area contributed by atoms with Gasteiger partial charge < -0.3 is 0 Å². The number of aromatic nitrogens is 3. The molecular formula is C15H18N4. The van der Waals surface area contributed by atoms with Crippen LogP contribution in [0, 0.1) is 17.2 Å². The molecule has 0 aliphatic heterocycles. The van der Waals surface area contributed by atoms with Gasteiger partial charge in [-0.3, -0.25) is 0 Å². The van der Waals surface area contributed by atoms with Crippen LogP contribution in [-0.4, -0.2) is 15.0 Å². The summed E-state index contributed by atoms with van der Waals surface area (Å²) in [7, 11) is 0. The molecule has 0 atom stereocenters. The van der Waals surface area contributed by atoms with Crippen LogP contribution in [0.4, 0.5) is 0 Å². The van der Waals surface area contributed by atoms with Crippen LogP contribution in [0.25, 0.3) is 0 Å². The van der Waals surface area contributed by atoms with Crippen molar-refractivity contribution in [3.8, 4) is 6.07 Å². The lowest BCUT2D eigenvalue weighted by atomic mass is 10.1. The summed E-state index contributed by atoms with van der Waals surface area (Å²) in [4.78, 5) is 0. The van der Waals surface area contributed by atoms with Crippen LogP contribution < -0.4 is 0 Å². The minimum atomic E-state index is 0.438. The predicted molar refractivity (Wildman–Crippen MR) is 73.4 cm³/mol. The Bertz CT molecular complexity index is 564. The first-order valence-corrected chi connectivity index (χ1v) is 6.57. The summed E-state index contributed by atoms with van der Waals surface area (Å²) in [6.45, 7) is 5.17. The Hall–Kier alpha value is -2.15. The first-order valence-electron chi connectivity index (χ1n) is 6.57. The van der Waals surface area contributed by atoms with E-state index in [4.69, 9.17) is 5.26 Å². The molecule has 2 aromatic rings. The second kappa shape index (κ2) is 6.14. The number of hydrogen-bond donors (Lipinski definition) is 0. The topological polar surface area (TPSA) is 54.5 Å². The van der Waals surface area contributed by atoms with Gasteiger partial charge in [0.2, 0.25) is 0 Å². The highest BCUT2D eigenvalue weighted by atomic mass is 15.4. The van der Waals surface area contributed by atoms with E-state index in [0.29, 0.717) is 18.0 Å². The van der Waals surface area contributed by atoms with Crippen LogP contribution in [0.2, 0.25) is 0 Å². The molecule has 1 aromatic carbocycles. The zero-order chi connectivity index (χ0) is 13.7. The van der Waals surface area contributed by atoms with Gasteiger partial charge in [0.05, 0.1) is 5.69 Å². The molecule has 0 spiro atoms. The summed E-state index contributed by atoms with van der Waals surface area (Å²) in [6.07, 6.45) is 1.74. The van der Waals surface area contributed by atoms with Crippen molar-refractivity contribution in [3.05, 3.63) is 47.3 Å². The van der Waals surface area contributed by atoms with E-state index in [-0.39, 0.29) is 0 Å². The van der Waals surface area contributed by atoms with E-state index < -0.39 is 0 Å². The molecule has 0 aliphatic carbocycles. The van der Waals surface area contributed by atoms with E-state index >= 15 is 0 Å². The van der Waals surface area contributed by atoms with Crippen molar-refractivity contribution in [3.63, 3.8) is 0 Å². The number of nitrogens with zero attached hydrogens (tertiary/aromatic N) is 4. The van der Waals surface area contributed by atoms with Crippen molar-refractivity contribution >= 4 is 0 Å². The van der Waals surface area contributed by atoms with Crippen LogP contribution >= 0.6 is 0 Å². The maximum atomic E-state index is 9.12. The molecule has 0 bridgehead atoms. The van der Waals surface area contributed by atoms with Crippen molar-refractivity contribution in [2.45, 2.75) is 33.2 Å². The monoisotopic (exact) mass is 254 g/mol. The molecule has 1 heterocycles. The first kappa shape index (κ1) is 13.3. The molecule has 4 nitrogen and oxygen atoms in total. The molecule has 0 amide bonds. The number of benzene rings is 1. The molecule has 0 aliphatic rings. The Morgan fingerprint density at radius 1 is 1.26 bits per heavy atom. The van der Waals surface area contributed by atoms with Gasteiger partial charge in [0.25, 0.3) is 0 Å². The first-order chi connectivity index (χ1) is 9.20. The van der Waals surface area contributed by atoms with E-state index in [0.717, 1.165) is 18.7 Å². The van der Waals surface area contributed by atoms with Crippen LogP contribution in [0.5, 0.6) is 0 Å². The Kier molecular flexibility index (Phi) is 4.30. The maximum Gasteiger partial charge on any atom is 0.186 e. The molecule has 4 heteroatoms.